The number of benzene rings is 1. The molecule has 6 nitrogen and oxygen atoms in total. The highest BCUT2D eigenvalue weighted by atomic mass is 16.5. The number of ether oxygens (including phenoxy) is 1. The predicted octanol–water partition coefficient (Wildman–Crippen LogP) is 1.60. The average molecular weight is 280 g/mol. The zero-order chi connectivity index (χ0) is 15.1. The van der Waals surface area contributed by atoms with Crippen LogP contribution in [0.15, 0.2) is 24.3 Å². The zero-order valence-corrected chi connectivity index (χ0v) is 11.8. The Hall–Kier alpha value is -2.24. The van der Waals surface area contributed by atoms with Crippen LogP contribution in [0.4, 0.5) is 4.79 Å². The number of hydrogen-bond acceptors (Lipinski definition) is 3. The summed E-state index contributed by atoms with van der Waals surface area (Å²) in [5.74, 6) is -0.566. The third-order valence-corrected chi connectivity index (χ3v) is 2.85. The monoisotopic (exact) mass is 280 g/mol. The van der Waals surface area contributed by atoms with E-state index in [2.05, 4.69) is 10.6 Å². The molecule has 0 unspecified atom stereocenters. The Morgan fingerprint density at radius 3 is 2.50 bits per heavy atom. The van der Waals surface area contributed by atoms with E-state index >= 15 is 0 Å². The van der Waals surface area contributed by atoms with E-state index in [1.807, 2.05) is 18.2 Å². The normalized spacial score (nSPS) is 11.8. The molecule has 0 aromatic heterocycles. The van der Waals surface area contributed by atoms with Gasteiger partial charge < -0.3 is 20.5 Å². The van der Waals surface area contributed by atoms with Crippen molar-refractivity contribution in [3.8, 4) is 5.75 Å². The molecule has 0 heterocycles. The summed E-state index contributed by atoms with van der Waals surface area (Å²) in [7, 11) is 1.55. The first-order chi connectivity index (χ1) is 9.45. The lowest BCUT2D eigenvalue weighted by atomic mass is 10.1. The highest BCUT2D eigenvalue weighted by molar-refractivity contribution is 5.82. The molecule has 1 aromatic carbocycles. The lowest BCUT2D eigenvalue weighted by molar-refractivity contribution is -0.140. The standard InChI is InChI=1S/C14H20N2O4/c1-9(2)12(13(17)18)16-14(19)15-8-10-6-4-5-7-11(10)20-3/h4-7,9,12H,8H2,1-3H3,(H,17,18)(H2,15,16,19)/t12-/m1/s1. The number of carbonyl (C=O) groups is 2. The molecule has 0 aliphatic carbocycles. The molecule has 3 N–H and O–H groups in total. The number of hydrogen-bond donors (Lipinski definition) is 3. The Labute approximate surface area is 118 Å². The Balaban J connectivity index is 2.57. The van der Waals surface area contributed by atoms with Gasteiger partial charge in [-0.2, -0.15) is 0 Å². The van der Waals surface area contributed by atoms with Gasteiger partial charge in [-0.25, -0.2) is 9.59 Å². The molecule has 110 valence electrons. The summed E-state index contributed by atoms with van der Waals surface area (Å²) in [6.07, 6.45) is 0. The van der Waals surface area contributed by atoms with Gasteiger partial charge in [0, 0.05) is 12.1 Å². The van der Waals surface area contributed by atoms with Crippen molar-refractivity contribution in [3.63, 3.8) is 0 Å². The zero-order valence-electron chi connectivity index (χ0n) is 11.8. The maximum absolute atomic E-state index is 11.7. The van der Waals surface area contributed by atoms with Crippen LogP contribution in [-0.4, -0.2) is 30.3 Å². The molecular weight excluding hydrogens is 260 g/mol. The van der Waals surface area contributed by atoms with Crippen LogP contribution in [0.1, 0.15) is 19.4 Å². The minimum Gasteiger partial charge on any atom is -0.496 e. The summed E-state index contributed by atoms with van der Waals surface area (Å²) >= 11 is 0. The molecule has 0 radical (unpaired) electrons. The summed E-state index contributed by atoms with van der Waals surface area (Å²) in [4.78, 5) is 22.7. The molecule has 0 aliphatic heterocycles. The number of rotatable bonds is 6. The molecule has 1 atom stereocenters. The number of carbonyl (C=O) groups excluding carboxylic acids is 1. The molecule has 0 saturated heterocycles. The number of nitrogens with one attached hydrogen (secondary N) is 2. The lowest BCUT2D eigenvalue weighted by Gasteiger charge is -2.18. The van der Waals surface area contributed by atoms with Crippen molar-refractivity contribution in [1.82, 2.24) is 10.6 Å². The predicted molar refractivity (Wildman–Crippen MR) is 74.6 cm³/mol. The first-order valence-electron chi connectivity index (χ1n) is 6.34. The second-order valence-corrected chi connectivity index (χ2v) is 4.70. The van der Waals surface area contributed by atoms with Gasteiger partial charge in [-0.15, -0.1) is 0 Å². The van der Waals surface area contributed by atoms with Crippen LogP contribution in [0.3, 0.4) is 0 Å². The molecule has 0 spiro atoms. The molecule has 1 rings (SSSR count). The smallest absolute Gasteiger partial charge is 0.326 e. The second kappa shape index (κ2) is 7.37. The van der Waals surface area contributed by atoms with Gasteiger partial charge in [-0.05, 0) is 12.0 Å². The molecule has 0 saturated carbocycles. The Bertz CT molecular complexity index is 474. The maximum atomic E-state index is 11.7. The number of para-hydroxylation sites is 1. The van der Waals surface area contributed by atoms with Crippen LogP contribution in [0.5, 0.6) is 5.75 Å². The second-order valence-electron chi connectivity index (χ2n) is 4.70. The number of carboxylic acid groups (broad SMARTS) is 1. The quantitative estimate of drug-likeness (QED) is 0.738. The van der Waals surface area contributed by atoms with Crippen molar-refractivity contribution in [2.24, 2.45) is 5.92 Å². The van der Waals surface area contributed by atoms with E-state index in [-0.39, 0.29) is 12.5 Å². The summed E-state index contributed by atoms with van der Waals surface area (Å²) < 4.78 is 5.17. The van der Waals surface area contributed by atoms with E-state index < -0.39 is 18.0 Å². The summed E-state index contributed by atoms with van der Waals surface area (Å²) in [5.41, 5.74) is 0.821. The molecule has 6 heteroatoms. The van der Waals surface area contributed by atoms with Crippen LogP contribution >= 0.6 is 0 Å². The minimum atomic E-state index is -1.05. The van der Waals surface area contributed by atoms with Gasteiger partial charge >= 0.3 is 12.0 Å². The van der Waals surface area contributed by atoms with E-state index in [4.69, 9.17) is 9.84 Å². The average Bonchev–Trinajstić information content (AvgIpc) is 2.42. The molecule has 0 bridgehead atoms. The Morgan fingerprint density at radius 2 is 1.95 bits per heavy atom. The first-order valence-corrected chi connectivity index (χ1v) is 6.34. The molecule has 0 fully saturated rings. The van der Waals surface area contributed by atoms with Crippen molar-refractivity contribution in [2.75, 3.05) is 7.11 Å². The van der Waals surface area contributed by atoms with Crippen molar-refractivity contribution in [2.45, 2.75) is 26.4 Å². The summed E-state index contributed by atoms with van der Waals surface area (Å²) in [5, 5.41) is 14.1. The van der Waals surface area contributed by atoms with Gasteiger partial charge in [-0.1, -0.05) is 32.0 Å². The number of urea groups is 1. The molecule has 0 aliphatic rings. The highest BCUT2D eigenvalue weighted by Gasteiger charge is 2.23. The number of methoxy groups -OCH3 is 1. The summed E-state index contributed by atoms with van der Waals surface area (Å²) in [6.45, 7) is 3.73. The number of amides is 2. The van der Waals surface area contributed by atoms with Crippen LogP contribution in [-0.2, 0) is 11.3 Å². The fourth-order valence-electron chi connectivity index (χ4n) is 1.73. The van der Waals surface area contributed by atoms with Crippen LogP contribution in [0, 0.1) is 5.92 Å². The van der Waals surface area contributed by atoms with Gasteiger partial charge in [0.15, 0.2) is 0 Å². The van der Waals surface area contributed by atoms with E-state index in [9.17, 15) is 9.59 Å². The molecule has 1 aromatic rings. The highest BCUT2D eigenvalue weighted by Crippen LogP contribution is 2.16. The molecule has 20 heavy (non-hydrogen) atoms. The van der Waals surface area contributed by atoms with Gasteiger partial charge in [0.25, 0.3) is 0 Å². The molecular formula is C14H20N2O4. The topological polar surface area (TPSA) is 87.7 Å². The van der Waals surface area contributed by atoms with Gasteiger partial charge in [0.05, 0.1) is 7.11 Å². The fraction of sp³-hybridized carbons (Fsp3) is 0.429. The lowest BCUT2D eigenvalue weighted by Crippen LogP contribution is -2.48. The van der Waals surface area contributed by atoms with E-state index in [0.29, 0.717) is 5.75 Å². The van der Waals surface area contributed by atoms with Crippen molar-refractivity contribution in [1.29, 1.82) is 0 Å². The van der Waals surface area contributed by atoms with E-state index in [1.54, 1.807) is 27.0 Å². The van der Waals surface area contributed by atoms with Crippen molar-refractivity contribution >= 4 is 12.0 Å². The maximum Gasteiger partial charge on any atom is 0.326 e. The van der Waals surface area contributed by atoms with E-state index in [0.717, 1.165) is 5.56 Å². The first kappa shape index (κ1) is 15.8. The minimum absolute atomic E-state index is 0.190. The van der Waals surface area contributed by atoms with Gasteiger partial charge in [-0.3, -0.25) is 0 Å². The van der Waals surface area contributed by atoms with Gasteiger partial charge in [0.2, 0.25) is 0 Å². The third kappa shape index (κ3) is 4.46. The number of carboxylic acids is 1. The van der Waals surface area contributed by atoms with E-state index in [1.165, 1.54) is 0 Å². The Morgan fingerprint density at radius 1 is 1.30 bits per heavy atom. The third-order valence-electron chi connectivity index (χ3n) is 2.85. The van der Waals surface area contributed by atoms with Gasteiger partial charge in [0.1, 0.15) is 11.8 Å². The van der Waals surface area contributed by atoms with Crippen LogP contribution in [0.25, 0.3) is 0 Å². The number of aliphatic carboxylic acids is 1. The van der Waals surface area contributed by atoms with Crippen LogP contribution in [0.2, 0.25) is 0 Å². The molecule has 2 amide bonds. The summed E-state index contributed by atoms with van der Waals surface area (Å²) in [6, 6.07) is 5.87. The van der Waals surface area contributed by atoms with Crippen molar-refractivity contribution < 1.29 is 19.4 Å². The fourth-order valence-corrected chi connectivity index (χ4v) is 1.73. The SMILES string of the molecule is COc1ccccc1CNC(=O)N[C@@H](C(=O)O)C(C)C. The Kier molecular flexibility index (Phi) is 5.83. The van der Waals surface area contributed by atoms with Crippen molar-refractivity contribution in [3.05, 3.63) is 29.8 Å². The largest absolute Gasteiger partial charge is 0.496 e. The van der Waals surface area contributed by atoms with Crippen LogP contribution < -0.4 is 15.4 Å².